The van der Waals surface area contributed by atoms with Crippen molar-refractivity contribution in [2.24, 2.45) is 0 Å². The van der Waals surface area contributed by atoms with Crippen molar-refractivity contribution in [2.75, 3.05) is 32.5 Å². The molecule has 1 aromatic carbocycles. The van der Waals surface area contributed by atoms with Gasteiger partial charge in [0, 0.05) is 22.9 Å². The van der Waals surface area contributed by atoms with Gasteiger partial charge in [-0.25, -0.2) is 15.0 Å². The lowest BCUT2D eigenvalue weighted by atomic mass is 9.88. The lowest BCUT2D eigenvalue weighted by molar-refractivity contribution is -0.856. The summed E-state index contributed by atoms with van der Waals surface area (Å²) >= 11 is 1.68. The number of hydrogen-bond donors (Lipinski definition) is 2. The molecule has 4 heterocycles. The fraction of sp³-hybridized carbons (Fsp3) is 0.375. The Morgan fingerprint density at radius 3 is 2.71 bits per heavy atom. The zero-order valence-electron chi connectivity index (χ0n) is 18.5. The Morgan fingerprint density at radius 2 is 1.94 bits per heavy atom. The van der Waals surface area contributed by atoms with Gasteiger partial charge in [0.1, 0.15) is 17.0 Å². The predicted molar refractivity (Wildman–Crippen MR) is 127 cm³/mol. The molecule has 0 atom stereocenters. The topological polar surface area (TPSA) is 64.4 Å². The van der Waals surface area contributed by atoms with E-state index in [-0.39, 0.29) is 5.60 Å². The third-order valence-electron chi connectivity index (χ3n) is 5.79. The molecule has 0 bridgehead atoms. The maximum Gasteiger partial charge on any atom is 0.147 e. The second kappa shape index (κ2) is 7.82. The summed E-state index contributed by atoms with van der Waals surface area (Å²) in [6, 6.07) is 10.4. The summed E-state index contributed by atoms with van der Waals surface area (Å²) < 4.78 is 7.29. The number of benzene rings is 1. The first-order valence-electron chi connectivity index (χ1n) is 10.7. The maximum atomic E-state index is 6.21. The minimum atomic E-state index is -0.216. The number of likely N-dealkylation sites (N-methyl/N-ethyl adjacent to an activating group) is 1. The van der Waals surface area contributed by atoms with E-state index in [0.717, 1.165) is 57.0 Å². The summed E-state index contributed by atoms with van der Waals surface area (Å²) in [5.41, 5.74) is 5.42. The number of hydrogen-bond acceptors (Lipinski definition) is 6. The number of thiophene rings is 1. The van der Waals surface area contributed by atoms with Crippen molar-refractivity contribution in [3.05, 3.63) is 47.8 Å². The molecular formula is C24H28N5OS+. The Balaban J connectivity index is 1.73. The Kier molecular flexibility index (Phi) is 5.12. The Hall–Kier alpha value is -2.61. The summed E-state index contributed by atoms with van der Waals surface area (Å²) in [7, 11) is 4.31. The molecule has 3 aromatic heterocycles. The molecule has 0 radical (unpaired) electrons. The van der Waals surface area contributed by atoms with Crippen molar-refractivity contribution in [3.8, 4) is 11.3 Å². The van der Waals surface area contributed by atoms with Crippen LogP contribution in [-0.2, 0) is 17.8 Å². The van der Waals surface area contributed by atoms with Crippen molar-refractivity contribution >= 4 is 37.6 Å². The summed E-state index contributed by atoms with van der Waals surface area (Å²) in [5, 5.41) is 4.67. The fourth-order valence-corrected chi connectivity index (χ4v) is 5.32. The number of fused-ring (bicyclic) bond motifs is 5. The highest BCUT2D eigenvalue weighted by Crippen LogP contribution is 2.43. The molecule has 0 saturated carbocycles. The number of nitrogens with zero attached hydrogens (tertiary/aromatic N) is 3. The SMILES string of the molecule is C[NH+](C)CCNc1ncnc2c1sc1nc(-c3ccccc3)c3c(c12)CC(C)(C)OC3. The molecule has 5 rings (SSSR count). The van der Waals surface area contributed by atoms with Gasteiger partial charge in [-0.3, -0.25) is 0 Å². The Morgan fingerprint density at radius 1 is 1.13 bits per heavy atom. The van der Waals surface area contributed by atoms with Gasteiger partial charge in [0.05, 0.1) is 55.3 Å². The van der Waals surface area contributed by atoms with E-state index >= 15 is 0 Å². The number of aromatic nitrogens is 3. The minimum Gasteiger partial charge on any atom is -0.370 e. The number of rotatable bonds is 5. The average Bonchev–Trinajstić information content (AvgIpc) is 3.12. The van der Waals surface area contributed by atoms with Crippen LogP contribution in [0.5, 0.6) is 0 Å². The normalized spacial score (nSPS) is 15.5. The van der Waals surface area contributed by atoms with E-state index in [1.165, 1.54) is 16.0 Å². The van der Waals surface area contributed by atoms with E-state index in [1.54, 1.807) is 17.7 Å². The third kappa shape index (κ3) is 3.78. The highest BCUT2D eigenvalue weighted by atomic mass is 32.1. The van der Waals surface area contributed by atoms with Crippen LogP contribution < -0.4 is 10.2 Å². The van der Waals surface area contributed by atoms with E-state index < -0.39 is 0 Å². The van der Waals surface area contributed by atoms with Crippen molar-refractivity contribution < 1.29 is 9.64 Å². The number of anilines is 1. The summed E-state index contributed by atoms with van der Waals surface area (Å²) in [4.78, 5) is 16.8. The van der Waals surface area contributed by atoms with E-state index in [2.05, 4.69) is 62.5 Å². The minimum absolute atomic E-state index is 0.216. The van der Waals surface area contributed by atoms with Crippen LogP contribution in [0.2, 0.25) is 0 Å². The standard InChI is InChI=1S/C24H27N5OS/c1-24(2)12-16-17(13-30-24)19(15-8-6-5-7-9-15)28-23-18(16)20-21(31-23)22(27-14-26-20)25-10-11-29(3)4/h5-9,14H,10-13H2,1-4H3,(H,25,26,27)/p+1. The summed E-state index contributed by atoms with van der Waals surface area (Å²) in [5.74, 6) is 0.899. The van der Waals surface area contributed by atoms with Crippen molar-refractivity contribution in [1.82, 2.24) is 15.0 Å². The maximum absolute atomic E-state index is 6.21. The van der Waals surface area contributed by atoms with Gasteiger partial charge in [0.25, 0.3) is 0 Å². The highest BCUT2D eigenvalue weighted by molar-refractivity contribution is 7.26. The average molecular weight is 435 g/mol. The van der Waals surface area contributed by atoms with Gasteiger partial charge < -0.3 is 15.0 Å². The van der Waals surface area contributed by atoms with Gasteiger partial charge in [0.15, 0.2) is 0 Å². The van der Waals surface area contributed by atoms with Gasteiger partial charge in [0.2, 0.25) is 0 Å². The lowest BCUT2D eigenvalue weighted by Gasteiger charge is -2.33. The Bertz CT molecular complexity index is 1250. The molecule has 2 N–H and O–H groups in total. The zero-order chi connectivity index (χ0) is 21.6. The van der Waals surface area contributed by atoms with E-state index in [1.807, 2.05) is 6.07 Å². The van der Waals surface area contributed by atoms with Gasteiger partial charge in [-0.05, 0) is 19.4 Å². The van der Waals surface area contributed by atoms with Crippen molar-refractivity contribution in [1.29, 1.82) is 0 Å². The molecule has 31 heavy (non-hydrogen) atoms. The van der Waals surface area contributed by atoms with Gasteiger partial charge in [-0.15, -0.1) is 11.3 Å². The van der Waals surface area contributed by atoms with Crippen LogP contribution in [0.3, 0.4) is 0 Å². The fourth-order valence-electron chi connectivity index (χ4n) is 4.20. The van der Waals surface area contributed by atoms with Crippen LogP contribution in [0.1, 0.15) is 25.0 Å². The number of pyridine rings is 1. The molecule has 6 nitrogen and oxygen atoms in total. The molecule has 0 amide bonds. The van der Waals surface area contributed by atoms with Crippen molar-refractivity contribution in [3.63, 3.8) is 0 Å². The van der Waals surface area contributed by atoms with E-state index in [9.17, 15) is 0 Å². The zero-order valence-corrected chi connectivity index (χ0v) is 19.3. The van der Waals surface area contributed by atoms with Crippen LogP contribution in [-0.4, -0.2) is 47.7 Å². The first-order valence-corrected chi connectivity index (χ1v) is 11.6. The molecule has 0 fully saturated rings. The van der Waals surface area contributed by atoms with E-state index in [4.69, 9.17) is 14.7 Å². The first kappa shape index (κ1) is 20.3. The number of quaternary nitrogens is 1. The molecule has 0 unspecified atom stereocenters. The Labute approximate surface area is 186 Å². The van der Waals surface area contributed by atoms with Crippen LogP contribution in [0.25, 0.3) is 31.7 Å². The predicted octanol–water partition coefficient (Wildman–Crippen LogP) is 3.31. The smallest absolute Gasteiger partial charge is 0.147 e. The van der Waals surface area contributed by atoms with Crippen molar-refractivity contribution in [2.45, 2.75) is 32.5 Å². The van der Waals surface area contributed by atoms with Crippen LogP contribution in [0, 0.1) is 0 Å². The molecule has 1 aliphatic heterocycles. The van der Waals surface area contributed by atoms with Gasteiger partial charge >= 0.3 is 0 Å². The molecule has 7 heteroatoms. The van der Waals surface area contributed by atoms with Crippen LogP contribution in [0.15, 0.2) is 36.7 Å². The molecule has 0 saturated heterocycles. The quantitative estimate of drug-likeness (QED) is 0.505. The number of nitrogens with one attached hydrogen (secondary N) is 2. The van der Waals surface area contributed by atoms with E-state index in [0.29, 0.717) is 6.61 Å². The molecule has 0 spiro atoms. The first-order chi connectivity index (χ1) is 14.9. The molecule has 1 aliphatic rings. The third-order valence-corrected chi connectivity index (χ3v) is 6.87. The van der Waals surface area contributed by atoms with Crippen LogP contribution >= 0.6 is 11.3 Å². The second-order valence-electron chi connectivity index (χ2n) is 9.07. The highest BCUT2D eigenvalue weighted by Gasteiger charge is 2.32. The van der Waals surface area contributed by atoms with Crippen LogP contribution in [0.4, 0.5) is 5.82 Å². The molecule has 4 aromatic rings. The summed E-state index contributed by atoms with van der Waals surface area (Å²) in [6.07, 6.45) is 2.51. The molecule has 160 valence electrons. The molecular weight excluding hydrogens is 406 g/mol. The largest absolute Gasteiger partial charge is 0.370 e. The van der Waals surface area contributed by atoms with Gasteiger partial charge in [-0.2, -0.15) is 0 Å². The second-order valence-corrected chi connectivity index (χ2v) is 10.1. The lowest BCUT2D eigenvalue weighted by Crippen LogP contribution is -3.06. The monoisotopic (exact) mass is 434 g/mol. The number of ether oxygens (including phenoxy) is 1. The summed E-state index contributed by atoms with van der Waals surface area (Å²) in [6.45, 7) is 6.77. The van der Waals surface area contributed by atoms with Gasteiger partial charge in [-0.1, -0.05) is 30.3 Å². The molecule has 0 aliphatic carbocycles.